The summed E-state index contributed by atoms with van der Waals surface area (Å²) >= 11 is 5.89. The number of pyridine rings is 1. The lowest BCUT2D eigenvalue weighted by Gasteiger charge is -2.43. The van der Waals surface area contributed by atoms with Gasteiger partial charge in [0.1, 0.15) is 24.0 Å². The lowest BCUT2D eigenvalue weighted by Crippen LogP contribution is -2.61. The average molecular weight is 449 g/mol. The molecule has 2 unspecified atom stereocenters. The minimum absolute atomic E-state index is 0.000273. The van der Waals surface area contributed by atoms with Gasteiger partial charge >= 0.3 is 12.0 Å². The van der Waals surface area contributed by atoms with Gasteiger partial charge in [-0.05, 0) is 30.7 Å². The Bertz CT molecular complexity index is 1060. The van der Waals surface area contributed by atoms with Gasteiger partial charge in [0, 0.05) is 17.3 Å². The summed E-state index contributed by atoms with van der Waals surface area (Å²) in [4.78, 5) is 19.0. The Labute approximate surface area is 171 Å². The molecular formula is C18H14ClF5N4O2. The minimum Gasteiger partial charge on any atom is -0.385 e. The van der Waals surface area contributed by atoms with Crippen molar-refractivity contribution in [3.8, 4) is 11.1 Å². The Morgan fingerprint density at radius 3 is 2.57 bits per heavy atom. The Kier molecular flexibility index (Phi) is 5.23. The number of carbonyl (C=O) groups is 1. The number of ether oxygens (including phenoxy) is 1. The third-order valence-corrected chi connectivity index (χ3v) is 4.87. The molecule has 2 atom stereocenters. The van der Waals surface area contributed by atoms with E-state index < -0.39 is 47.3 Å². The van der Waals surface area contributed by atoms with Crippen molar-refractivity contribution in [1.29, 1.82) is 0 Å². The number of amidine groups is 1. The number of primary amides is 1. The predicted molar refractivity (Wildman–Crippen MR) is 98.0 cm³/mol. The van der Waals surface area contributed by atoms with Crippen molar-refractivity contribution in [3.05, 3.63) is 52.6 Å². The summed E-state index contributed by atoms with van der Waals surface area (Å²) in [5, 5.41) is 0.0745. The minimum atomic E-state index is -5.57. The van der Waals surface area contributed by atoms with Crippen molar-refractivity contribution in [1.82, 2.24) is 4.98 Å². The molecule has 3 rings (SSSR count). The summed E-state index contributed by atoms with van der Waals surface area (Å²) in [6.45, 7) is -0.225. The molecule has 0 bridgehead atoms. The van der Waals surface area contributed by atoms with E-state index in [0.717, 1.165) is 24.4 Å². The molecule has 4 N–H and O–H groups in total. The van der Waals surface area contributed by atoms with Crippen molar-refractivity contribution in [2.75, 3.05) is 6.61 Å². The number of rotatable bonds is 3. The van der Waals surface area contributed by atoms with Crippen molar-refractivity contribution in [3.63, 3.8) is 0 Å². The molecule has 1 amide bonds. The van der Waals surface area contributed by atoms with Gasteiger partial charge in [-0.3, -0.25) is 9.79 Å². The van der Waals surface area contributed by atoms with Crippen LogP contribution in [0.2, 0.25) is 5.02 Å². The van der Waals surface area contributed by atoms with Crippen LogP contribution in [0.15, 0.2) is 35.5 Å². The highest BCUT2D eigenvalue weighted by Gasteiger charge is 2.71. The largest absolute Gasteiger partial charge is 0.451 e. The van der Waals surface area contributed by atoms with Crippen molar-refractivity contribution in [2.24, 2.45) is 16.5 Å². The highest BCUT2D eigenvalue weighted by Crippen LogP contribution is 2.52. The molecule has 1 aromatic heterocycles. The van der Waals surface area contributed by atoms with Crippen LogP contribution in [0.1, 0.15) is 23.0 Å². The molecule has 1 aliphatic heterocycles. The molecule has 160 valence electrons. The molecule has 0 saturated heterocycles. The van der Waals surface area contributed by atoms with Crippen molar-refractivity contribution < 1.29 is 31.5 Å². The zero-order valence-electron chi connectivity index (χ0n) is 15.2. The number of nitrogens with two attached hydrogens (primary N) is 2. The fraction of sp³-hybridized carbons (Fsp3) is 0.278. The molecule has 1 aromatic carbocycles. The number of carbonyl (C=O) groups excluding carboxylic acids is 1. The maximum Gasteiger partial charge on any atom is 0.451 e. The van der Waals surface area contributed by atoms with Gasteiger partial charge in [0.2, 0.25) is 0 Å². The maximum absolute atomic E-state index is 15.2. The van der Waals surface area contributed by atoms with Gasteiger partial charge < -0.3 is 16.2 Å². The molecule has 0 radical (unpaired) electrons. The van der Waals surface area contributed by atoms with Crippen LogP contribution < -0.4 is 11.5 Å². The van der Waals surface area contributed by atoms with Crippen molar-refractivity contribution >= 4 is 23.3 Å². The van der Waals surface area contributed by atoms with Crippen LogP contribution in [0.3, 0.4) is 0 Å². The van der Waals surface area contributed by atoms with Crippen LogP contribution in [0.5, 0.6) is 0 Å². The van der Waals surface area contributed by atoms with Gasteiger partial charge in [-0.25, -0.2) is 9.37 Å². The SMILES string of the molecule is CC1(c2cc(-c3cc(Cl)cnc3C(N)=O)ccc2F)N=C(N)COC1(F)C(F)(F)F. The molecule has 30 heavy (non-hydrogen) atoms. The topological polar surface area (TPSA) is 104 Å². The summed E-state index contributed by atoms with van der Waals surface area (Å²) in [5.74, 6) is -6.99. The summed E-state index contributed by atoms with van der Waals surface area (Å²) in [7, 11) is 0. The molecule has 0 spiro atoms. The smallest absolute Gasteiger partial charge is 0.385 e. The standard InChI is InChI=1S/C18H14ClF5N4O2/c1-16(17(21,18(22,23)24)30-7-13(25)28-16)11-4-8(2-3-12(11)20)10-5-9(19)6-27-14(10)15(26)29/h2-6H,7H2,1H3,(H2,25,28)(H2,26,29). The number of aliphatic imine (C=N–C) groups is 1. The number of nitrogens with zero attached hydrogens (tertiary/aromatic N) is 2. The van der Waals surface area contributed by atoms with Gasteiger partial charge in [0.25, 0.3) is 5.91 Å². The summed E-state index contributed by atoms with van der Waals surface area (Å²) < 4.78 is 75.0. The monoisotopic (exact) mass is 448 g/mol. The molecule has 12 heteroatoms. The first-order chi connectivity index (χ1) is 13.8. The first kappa shape index (κ1) is 21.9. The Morgan fingerprint density at radius 2 is 1.97 bits per heavy atom. The second-order valence-electron chi connectivity index (χ2n) is 6.67. The molecule has 0 aliphatic carbocycles. The number of hydrogen-bond donors (Lipinski definition) is 2. The van der Waals surface area contributed by atoms with E-state index in [1.807, 2.05) is 0 Å². The third kappa shape index (κ3) is 3.37. The molecule has 6 nitrogen and oxygen atoms in total. The van der Waals surface area contributed by atoms with Crippen LogP contribution in [-0.4, -0.2) is 35.4 Å². The first-order valence-electron chi connectivity index (χ1n) is 8.29. The van der Waals surface area contributed by atoms with E-state index in [9.17, 15) is 22.4 Å². The second kappa shape index (κ2) is 7.17. The summed E-state index contributed by atoms with van der Waals surface area (Å²) in [5.41, 5.74) is 6.75. The molecule has 2 aromatic rings. The zero-order chi connectivity index (χ0) is 22.5. The number of aromatic nitrogens is 1. The van der Waals surface area contributed by atoms with Crippen LogP contribution in [0, 0.1) is 5.82 Å². The molecule has 1 aliphatic rings. The number of alkyl halides is 4. The van der Waals surface area contributed by atoms with Gasteiger partial charge in [0.15, 0.2) is 5.54 Å². The van der Waals surface area contributed by atoms with E-state index in [1.54, 1.807) is 0 Å². The van der Waals surface area contributed by atoms with Crippen LogP contribution in [0.4, 0.5) is 22.0 Å². The highest BCUT2D eigenvalue weighted by atomic mass is 35.5. The van der Waals surface area contributed by atoms with E-state index in [0.29, 0.717) is 6.92 Å². The predicted octanol–water partition coefficient (Wildman–Crippen LogP) is 3.47. The summed E-state index contributed by atoms with van der Waals surface area (Å²) in [6, 6.07) is 4.08. The lowest BCUT2D eigenvalue weighted by atomic mass is 9.81. The molecule has 0 fully saturated rings. The summed E-state index contributed by atoms with van der Waals surface area (Å²) in [6.07, 6.45) is -4.43. The Morgan fingerprint density at radius 1 is 1.30 bits per heavy atom. The fourth-order valence-electron chi connectivity index (χ4n) is 3.22. The number of hydrogen-bond acceptors (Lipinski definition) is 5. The molecule has 0 saturated carbocycles. The van der Waals surface area contributed by atoms with Gasteiger partial charge in [-0.15, -0.1) is 0 Å². The quantitative estimate of drug-likeness (QED) is 0.701. The van der Waals surface area contributed by atoms with Crippen molar-refractivity contribution in [2.45, 2.75) is 24.5 Å². The maximum atomic E-state index is 15.2. The number of halogens is 6. The Balaban J connectivity index is 2.30. The number of amides is 1. The Hall–Kier alpha value is -2.79. The normalized spacial score (nSPS) is 24.4. The van der Waals surface area contributed by atoms with Crippen LogP contribution >= 0.6 is 11.6 Å². The van der Waals surface area contributed by atoms with Gasteiger partial charge in [0.05, 0.1) is 5.02 Å². The van der Waals surface area contributed by atoms with Gasteiger partial charge in [-0.1, -0.05) is 17.7 Å². The fourth-order valence-corrected chi connectivity index (χ4v) is 3.38. The van der Waals surface area contributed by atoms with E-state index in [1.165, 1.54) is 6.07 Å². The number of benzene rings is 1. The molecule has 2 heterocycles. The van der Waals surface area contributed by atoms with E-state index in [2.05, 4.69) is 14.7 Å². The third-order valence-electron chi connectivity index (χ3n) is 4.67. The van der Waals surface area contributed by atoms with Crippen LogP contribution in [-0.2, 0) is 10.3 Å². The van der Waals surface area contributed by atoms with E-state index in [-0.39, 0.29) is 21.8 Å². The highest BCUT2D eigenvalue weighted by molar-refractivity contribution is 6.30. The lowest BCUT2D eigenvalue weighted by molar-refractivity contribution is -0.357. The molecular weight excluding hydrogens is 435 g/mol. The zero-order valence-corrected chi connectivity index (χ0v) is 16.0. The van der Waals surface area contributed by atoms with Crippen LogP contribution in [0.25, 0.3) is 11.1 Å². The first-order valence-corrected chi connectivity index (χ1v) is 8.67. The van der Waals surface area contributed by atoms with Gasteiger partial charge in [-0.2, -0.15) is 17.6 Å². The second-order valence-corrected chi connectivity index (χ2v) is 7.10. The van der Waals surface area contributed by atoms with E-state index >= 15 is 4.39 Å². The average Bonchev–Trinajstić information content (AvgIpc) is 2.64. The van der Waals surface area contributed by atoms with E-state index in [4.69, 9.17) is 23.1 Å².